The summed E-state index contributed by atoms with van der Waals surface area (Å²) in [7, 11) is 1.97. The van der Waals surface area contributed by atoms with Gasteiger partial charge in [-0.3, -0.25) is 14.4 Å². The van der Waals surface area contributed by atoms with Crippen molar-refractivity contribution in [2.45, 2.75) is 63.4 Å². The maximum atomic E-state index is 13.8. The Balaban J connectivity index is 1.67. The van der Waals surface area contributed by atoms with Crippen molar-refractivity contribution in [2.24, 2.45) is 34.0 Å². The number of allylic oxidation sites excluding steroid dienone is 1. The van der Waals surface area contributed by atoms with E-state index in [9.17, 15) is 24.6 Å². The fraction of sp³-hybridized carbons (Fsp3) is 0.783. The maximum absolute atomic E-state index is 13.8. The molecule has 7 heteroatoms. The minimum Gasteiger partial charge on any atom is -0.463 e. The molecule has 30 heavy (non-hydrogen) atoms. The van der Waals surface area contributed by atoms with Gasteiger partial charge >= 0.3 is 5.97 Å². The first-order valence-electron chi connectivity index (χ1n) is 11.0. The number of aliphatic hydroxyl groups is 2. The van der Waals surface area contributed by atoms with Crippen molar-refractivity contribution in [3.05, 3.63) is 12.2 Å². The minimum absolute atomic E-state index is 0.00960. The Morgan fingerprint density at radius 1 is 1.20 bits per heavy atom. The molecule has 6 bridgehead atoms. The number of carbonyl (C=O) groups is 3. The number of rotatable bonds is 1. The smallest absolute Gasteiger partial charge is 0.302 e. The number of hydrogen-bond acceptors (Lipinski definition) is 7. The maximum Gasteiger partial charge on any atom is 0.302 e. The number of nitrogens with zero attached hydrogens (tertiary/aromatic N) is 1. The predicted molar refractivity (Wildman–Crippen MR) is 104 cm³/mol. The lowest BCUT2D eigenvalue weighted by atomic mass is 9.36. The van der Waals surface area contributed by atoms with Crippen molar-refractivity contribution in [3.63, 3.8) is 0 Å². The average molecular weight is 415 g/mol. The van der Waals surface area contributed by atoms with Gasteiger partial charge in [0.05, 0.1) is 5.60 Å². The van der Waals surface area contributed by atoms with Crippen LogP contribution < -0.4 is 0 Å². The molecule has 10 atom stereocenters. The number of piperidine rings is 1. The largest absolute Gasteiger partial charge is 0.463 e. The molecule has 0 aromatic carbocycles. The molecule has 7 rings (SSSR count). The monoisotopic (exact) mass is 415 g/mol. The second-order valence-corrected chi connectivity index (χ2v) is 11.3. The fourth-order valence-electron chi connectivity index (χ4n) is 9.83. The molecule has 7 fully saturated rings. The fourth-order valence-corrected chi connectivity index (χ4v) is 9.83. The number of fused-ring (bicyclic) bond motifs is 1. The number of aliphatic hydroxyl groups excluding tert-OH is 1. The molecule has 1 aliphatic heterocycles. The van der Waals surface area contributed by atoms with Gasteiger partial charge in [0.15, 0.2) is 5.78 Å². The van der Waals surface area contributed by atoms with Crippen molar-refractivity contribution >= 4 is 17.5 Å². The number of ether oxygens (including phenoxy) is 1. The van der Waals surface area contributed by atoms with Gasteiger partial charge in [0.1, 0.15) is 18.0 Å². The molecule has 0 unspecified atom stereocenters. The Hall–Kier alpha value is -1.57. The molecular weight excluding hydrogens is 386 g/mol. The van der Waals surface area contributed by atoms with Crippen molar-refractivity contribution in [3.8, 4) is 0 Å². The molecule has 7 nitrogen and oxygen atoms in total. The van der Waals surface area contributed by atoms with Crippen molar-refractivity contribution in [1.29, 1.82) is 0 Å². The van der Waals surface area contributed by atoms with E-state index in [1.165, 1.54) is 6.92 Å². The van der Waals surface area contributed by atoms with Crippen molar-refractivity contribution in [1.82, 2.24) is 4.90 Å². The van der Waals surface area contributed by atoms with Gasteiger partial charge in [0.2, 0.25) is 0 Å². The van der Waals surface area contributed by atoms with E-state index in [1.807, 2.05) is 14.0 Å². The molecule has 162 valence electrons. The van der Waals surface area contributed by atoms with Crippen molar-refractivity contribution < 1.29 is 29.3 Å². The Bertz CT molecular complexity index is 946. The SMILES string of the molecule is C=C1C[C@]23[C@H](O)C(=O)[C@@H]4[C@@]5(C)C[C@H](OC(C)=O)C[C@]46[C@@H]([C@H]2C(=O)[C@H]1C[C@]36O)N(C)C5. The summed E-state index contributed by atoms with van der Waals surface area (Å²) in [6.45, 7) is 8.04. The first-order valence-corrected chi connectivity index (χ1v) is 11.0. The van der Waals surface area contributed by atoms with Gasteiger partial charge in [-0.2, -0.15) is 0 Å². The van der Waals surface area contributed by atoms with Gasteiger partial charge in [0.25, 0.3) is 0 Å². The molecule has 2 N–H and O–H groups in total. The van der Waals surface area contributed by atoms with E-state index in [2.05, 4.69) is 11.5 Å². The van der Waals surface area contributed by atoms with E-state index < -0.39 is 51.8 Å². The van der Waals surface area contributed by atoms with Gasteiger partial charge in [-0.05, 0) is 38.1 Å². The van der Waals surface area contributed by atoms with Crippen molar-refractivity contribution in [2.75, 3.05) is 13.6 Å². The lowest BCUT2D eigenvalue weighted by Crippen LogP contribution is -2.79. The highest BCUT2D eigenvalue weighted by molar-refractivity contribution is 5.99. The third-order valence-corrected chi connectivity index (χ3v) is 10.0. The van der Waals surface area contributed by atoms with Crippen LogP contribution in [0.5, 0.6) is 0 Å². The summed E-state index contributed by atoms with van der Waals surface area (Å²) in [5, 5.41) is 24.0. The summed E-state index contributed by atoms with van der Waals surface area (Å²) in [5.41, 5.74) is -3.36. The first-order chi connectivity index (χ1) is 13.9. The average Bonchev–Trinajstić information content (AvgIpc) is 2.71. The van der Waals surface area contributed by atoms with E-state index in [-0.39, 0.29) is 30.0 Å². The third kappa shape index (κ3) is 1.60. The van der Waals surface area contributed by atoms with Crippen LogP contribution in [0.1, 0.15) is 39.5 Å². The molecule has 0 amide bonds. The zero-order valence-electron chi connectivity index (χ0n) is 17.7. The van der Waals surface area contributed by atoms with Crippen LogP contribution in [0.3, 0.4) is 0 Å². The zero-order valence-corrected chi connectivity index (χ0v) is 17.7. The lowest BCUT2D eigenvalue weighted by molar-refractivity contribution is -0.285. The number of ketones is 2. The minimum atomic E-state index is -1.38. The number of hydrogen-bond donors (Lipinski definition) is 2. The summed E-state index contributed by atoms with van der Waals surface area (Å²) in [5.74, 6) is -2.22. The quantitative estimate of drug-likeness (QED) is 0.474. The highest BCUT2D eigenvalue weighted by Crippen LogP contribution is 2.82. The van der Waals surface area contributed by atoms with E-state index in [4.69, 9.17) is 4.74 Å². The molecule has 6 aliphatic carbocycles. The van der Waals surface area contributed by atoms with Gasteiger partial charge in [-0.25, -0.2) is 0 Å². The number of esters is 1. The van der Waals surface area contributed by atoms with Gasteiger partial charge in [-0.1, -0.05) is 19.1 Å². The summed E-state index contributed by atoms with van der Waals surface area (Å²) in [6, 6.07) is -0.356. The topological polar surface area (TPSA) is 104 Å². The number of likely N-dealkylation sites (tertiary alicyclic amines) is 1. The summed E-state index contributed by atoms with van der Waals surface area (Å²) < 4.78 is 5.68. The molecular formula is C23H29NO6. The Morgan fingerprint density at radius 2 is 1.90 bits per heavy atom. The van der Waals surface area contributed by atoms with Gasteiger partial charge < -0.3 is 19.8 Å². The van der Waals surface area contributed by atoms with Crippen LogP contribution in [-0.4, -0.2) is 70.1 Å². The van der Waals surface area contributed by atoms with Gasteiger partial charge in [0, 0.05) is 48.1 Å². The van der Waals surface area contributed by atoms with Crippen LogP contribution in [0, 0.1) is 34.0 Å². The van der Waals surface area contributed by atoms with E-state index in [1.54, 1.807) is 0 Å². The molecule has 7 aliphatic rings. The zero-order chi connectivity index (χ0) is 21.6. The Kier molecular flexibility index (Phi) is 3.24. The summed E-state index contributed by atoms with van der Waals surface area (Å²) >= 11 is 0. The Labute approximate surface area is 175 Å². The third-order valence-electron chi connectivity index (χ3n) is 10.0. The molecule has 1 saturated heterocycles. The van der Waals surface area contributed by atoms with E-state index in [0.717, 1.165) is 5.57 Å². The molecule has 0 aromatic heterocycles. The summed E-state index contributed by atoms with van der Waals surface area (Å²) in [6.07, 6.45) is -0.442. The predicted octanol–water partition coefficient (Wildman–Crippen LogP) is 0.475. The van der Waals surface area contributed by atoms with Crippen LogP contribution in [0.15, 0.2) is 12.2 Å². The van der Waals surface area contributed by atoms with Crippen LogP contribution in [-0.2, 0) is 19.1 Å². The second-order valence-electron chi connectivity index (χ2n) is 11.3. The van der Waals surface area contributed by atoms with Crippen LogP contribution >= 0.6 is 0 Å². The van der Waals surface area contributed by atoms with Crippen LogP contribution in [0.2, 0.25) is 0 Å². The highest BCUT2D eigenvalue weighted by atomic mass is 16.5. The molecule has 0 aromatic rings. The summed E-state index contributed by atoms with van der Waals surface area (Å²) in [4.78, 5) is 41.4. The van der Waals surface area contributed by atoms with Crippen LogP contribution in [0.25, 0.3) is 0 Å². The molecule has 6 saturated carbocycles. The molecule has 2 spiro atoms. The van der Waals surface area contributed by atoms with Gasteiger partial charge in [-0.15, -0.1) is 0 Å². The Morgan fingerprint density at radius 3 is 2.57 bits per heavy atom. The lowest BCUT2D eigenvalue weighted by Gasteiger charge is -2.70. The normalized spacial score (nSPS) is 58.2. The second kappa shape index (κ2) is 5.08. The van der Waals surface area contributed by atoms with Crippen LogP contribution in [0.4, 0.5) is 0 Å². The highest BCUT2D eigenvalue weighted by Gasteiger charge is 2.92. The van der Waals surface area contributed by atoms with E-state index >= 15 is 0 Å². The first kappa shape index (κ1) is 19.1. The van der Waals surface area contributed by atoms with E-state index in [0.29, 0.717) is 25.8 Å². The standard InChI is InChI=1S/C23H29NO6/c1-10-5-21-14-15(26)13(10)8-23(21,29)22-7-12(30-11(2)25)6-20(3,9-24(4)18(14)22)17(22)16(27)19(21)28/h12-14,17-19,28-29H,1,5-9H2,2-4H3/t12-,13-,14+,17+,18+,19+,20-,21+,22+,23-/m0/s1. The number of Topliss-reactive ketones (excluding diaryl/α,β-unsaturated/α-hetero) is 2. The molecule has 1 heterocycles. The molecule has 0 radical (unpaired) electrons. The number of carbonyl (C=O) groups excluding carboxylic acids is 3.